The second-order valence-corrected chi connectivity index (χ2v) is 7.19. The molecule has 110 valence electrons. The Hall–Kier alpha value is -0.530. The minimum Gasteiger partial charge on any atom is -0.314 e. The van der Waals surface area contributed by atoms with Crippen molar-refractivity contribution in [1.29, 1.82) is 0 Å². The highest BCUT2D eigenvalue weighted by atomic mass is 35.5. The zero-order valence-electron chi connectivity index (χ0n) is 12.5. The minimum absolute atomic E-state index is 0.762. The van der Waals surface area contributed by atoms with Gasteiger partial charge in [-0.1, -0.05) is 49.4 Å². The second-order valence-electron chi connectivity index (χ2n) is 6.79. The summed E-state index contributed by atoms with van der Waals surface area (Å²) in [5.74, 6) is 1.66. The number of rotatable bonds is 6. The van der Waals surface area contributed by atoms with E-state index in [1.807, 2.05) is 0 Å². The van der Waals surface area contributed by atoms with Gasteiger partial charge >= 0.3 is 0 Å². The van der Waals surface area contributed by atoms with Crippen LogP contribution in [0.1, 0.15) is 49.7 Å². The summed E-state index contributed by atoms with van der Waals surface area (Å²) in [7, 11) is 0. The monoisotopic (exact) mass is 291 g/mol. The maximum absolute atomic E-state index is 6.43. The maximum Gasteiger partial charge on any atom is 0.0440 e. The van der Waals surface area contributed by atoms with Crippen molar-refractivity contribution >= 4 is 11.6 Å². The number of aryl methyl sites for hydroxylation is 1. The van der Waals surface area contributed by atoms with Gasteiger partial charge in [0.05, 0.1) is 0 Å². The van der Waals surface area contributed by atoms with Gasteiger partial charge in [0.1, 0.15) is 0 Å². The molecular weight excluding hydrogens is 266 g/mol. The Kier molecular flexibility index (Phi) is 4.68. The summed E-state index contributed by atoms with van der Waals surface area (Å²) in [5, 5.41) is 4.70. The summed E-state index contributed by atoms with van der Waals surface area (Å²) in [6.07, 6.45) is 9.58. The van der Waals surface area contributed by atoms with Gasteiger partial charge < -0.3 is 5.32 Å². The summed E-state index contributed by atoms with van der Waals surface area (Å²) >= 11 is 6.43. The summed E-state index contributed by atoms with van der Waals surface area (Å²) in [4.78, 5) is 0. The fourth-order valence-electron chi connectivity index (χ4n) is 3.54. The number of benzene rings is 1. The van der Waals surface area contributed by atoms with Crippen molar-refractivity contribution in [1.82, 2.24) is 5.32 Å². The molecular formula is C18H26ClN. The lowest BCUT2D eigenvalue weighted by molar-refractivity contribution is 0.320. The van der Waals surface area contributed by atoms with Crippen molar-refractivity contribution in [3.05, 3.63) is 34.3 Å². The van der Waals surface area contributed by atoms with Gasteiger partial charge in [-0.15, -0.1) is 0 Å². The van der Waals surface area contributed by atoms with Crippen LogP contribution in [0.4, 0.5) is 0 Å². The van der Waals surface area contributed by atoms with Gasteiger partial charge in [-0.2, -0.15) is 0 Å². The number of nitrogens with one attached hydrogen (secondary N) is 1. The molecule has 2 heteroatoms. The van der Waals surface area contributed by atoms with E-state index in [0.717, 1.165) is 29.3 Å². The lowest BCUT2D eigenvalue weighted by Gasteiger charge is -2.24. The van der Waals surface area contributed by atoms with Crippen molar-refractivity contribution in [2.24, 2.45) is 11.8 Å². The van der Waals surface area contributed by atoms with Gasteiger partial charge in [0.25, 0.3) is 0 Å². The molecule has 2 aliphatic carbocycles. The SMILES string of the molecule is Cc1ccc(CC(CNC2CC2)C2CCCC2)c(Cl)c1. The van der Waals surface area contributed by atoms with E-state index in [-0.39, 0.29) is 0 Å². The standard InChI is InChI=1S/C18H26ClN/c1-13-6-7-15(18(19)10-13)11-16(12-20-17-8-9-17)14-4-2-3-5-14/h6-7,10,14,16-17,20H,2-5,8-9,11-12H2,1H3. The van der Waals surface area contributed by atoms with Gasteiger partial charge in [-0.05, 0) is 61.8 Å². The largest absolute Gasteiger partial charge is 0.314 e. The molecule has 0 heterocycles. The van der Waals surface area contributed by atoms with E-state index in [9.17, 15) is 0 Å². The molecule has 0 saturated heterocycles. The van der Waals surface area contributed by atoms with Gasteiger partial charge in [0.2, 0.25) is 0 Å². The van der Waals surface area contributed by atoms with Crippen molar-refractivity contribution in [2.45, 2.75) is 57.9 Å². The molecule has 2 aliphatic rings. The summed E-state index contributed by atoms with van der Waals surface area (Å²) in [6.45, 7) is 3.29. The molecule has 0 aromatic heterocycles. The van der Waals surface area contributed by atoms with E-state index in [1.54, 1.807) is 0 Å². The maximum atomic E-state index is 6.43. The molecule has 0 spiro atoms. The quantitative estimate of drug-likeness (QED) is 0.797. The Morgan fingerprint density at radius 2 is 1.95 bits per heavy atom. The third-order valence-corrected chi connectivity index (χ3v) is 5.36. The first-order valence-electron chi connectivity index (χ1n) is 8.21. The van der Waals surface area contributed by atoms with Crippen LogP contribution < -0.4 is 5.32 Å². The van der Waals surface area contributed by atoms with Crippen molar-refractivity contribution < 1.29 is 0 Å². The number of hydrogen-bond acceptors (Lipinski definition) is 1. The van der Waals surface area contributed by atoms with E-state index in [4.69, 9.17) is 11.6 Å². The fraction of sp³-hybridized carbons (Fsp3) is 0.667. The Labute approximate surface area is 128 Å². The van der Waals surface area contributed by atoms with Crippen molar-refractivity contribution in [2.75, 3.05) is 6.54 Å². The molecule has 1 aromatic rings. The van der Waals surface area contributed by atoms with Crippen LogP contribution in [0.25, 0.3) is 0 Å². The van der Waals surface area contributed by atoms with Crippen LogP contribution in [0.3, 0.4) is 0 Å². The molecule has 1 N–H and O–H groups in total. The molecule has 0 radical (unpaired) electrons. The smallest absolute Gasteiger partial charge is 0.0440 e. The Balaban J connectivity index is 1.66. The van der Waals surface area contributed by atoms with E-state index < -0.39 is 0 Å². The lowest BCUT2D eigenvalue weighted by atomic mass is 9.85. The third kappa shape index (κ3) is 3.77. The van der Waals surface area contributed by atoms with Crippen LogP contribution in [0.5, 0.6) is 0 Å². The van der Waals surface area contributed by atoms with Crippen molar-refractivity contribution in [3.8, 4) is 0 Å². The molecule has 1 unspecified atom stereocenters. The zero-order valence-corrected chi connectivity index (χ0v) is 13.3. The Bertz CT molecular complexity index is 447. The topological polar surface area (TPSA) is 12.0 Å². The lowest BCUT2D eigenvalue weighted by Crippen LogP contribution is -2.30. The van der Waals surface area contributed by atoms with E-state index >= 15 is 0 Å². The van der Waals surface area contributed by atoms with Gasteiger partial charge in [-0.25, -0.2) is 0 Å². The van der Waals surface area contributed by atoms with E-state index in [1.165, 1.54) is 56.2 Å². The summed E-state index contributed by atoms with van der Waals surface area (Å²) < 4.78 is 0. The Morgan fingerprint density at radius 1 is 1.20 bits per heavy atom. The van der Waals surface area contributed by atoms with Crippen molar-refractivity contribution in [3.63, 3.8) is 0 Å². The summed E-state index contributed by atoms with van der Waals surface area (Å²) in [5.41, 5.74) is 2.60. The van der Waals surface area contributed by atoms with Gasteiger partial charge in [0, 0.05) is 11.1 Å². The predicted molar refractivity (Wildman–Crippen MR) is 86.4 cm³/mol. The first-order chi connectivity index (χ1) is 9.72. The highest BCUT2D eigenvalue weighted by molar-refractivity contribution is 6.31. The molecule has 2 saturated carbocycles. The first-order valence-corrected chi connectivity index (χ1v) is 8.58. The molecule has 3 rings (SSSR count). The normalized spacial score (nSPS) is 21.3. The van der Waals surface area contributed by atoms with Crippen LogP contribution in [0.2, 0.25) is 5.02 Å². The number of hydrogen-bond donors (Lipinski definition) is 1. The molecule has 0 bridgehead atoms. The molecule has 20 heavy (non-hydrogen) atoms. The highest BCUT2D eigenvalue weighted by Gasteiger charge is 2.28. The van der Waals surface area contributed by atoms with E-state index in [0.29, 0.717) is 0 Å². The average Bonchev–Trinajstić information content (AvgIpc) is 3.09. The first kappa shape index (κ1) is 14.4. The molecule has 1 nitrogen and oxygen atoms in total. The van der Waals surface area contributed by atoms with Crippen LogP contribution >= 0.6 is 11.6 Å². The van der Waals surface area contributed by atoms with Gasteiger partial charge in [-0.3, -0.25) is 0 Å². The third-order valence-electron chi connectivity index (χ3n) is 5.00. The zero-order chi connectivity index (χ0) is 13.9. The van der Waals surface area contributed by atoms with Crippen LogP contribution in [-0.4, -0.2) is 12.6 Å². The molecule has 1 atom stereocenters. The molecule has 0 aliphatic heterocycles. The highest BCUT2D eigenvalue weighted by Crippen LogP contribution is 2.34. The minimum atomic E-state index is 0.762. The fourth-order valence-corrected chi connectivity index (χ4v) is 3.85. The summed E-state index contributed by atoms with van der Waals surface area (Å²) in [6, 6.07) is 7.35. The van der Waals surface area contributed by atoms with E-state index in [2.05, 4.69) is 30.4 Å². The Morgan fingerprint density at radius 3 is 2.60 bits per heavy atom. The molecule has 1 aromatic carbocycles. The molecule has 0 amide bonds. The molecule has 2 fully saturated rings. The van der Waals surface area contributed by atoms with Crippen LogP contribution in [-0.2, 0) is 6.42 Å². The van der Waals surface area contributed by atoms with Crippen LogP contribution in [0.15, 0.2) is 18.2 Å². The second kappa shape index (κ2) is 6.49. The average molecular weight is 292 g/mol. The van der Waals surface area contributed by atoms with Gasteiger partial charge in [0.15, 0.2) is 0 Å². The number of halogens is 1. The van der Waals surface area contributed by atoms with Crippen LogP contribution in [0, 0.1) is 18.8 Å². The predicted octanol–water partition coefficient (Wildman–Crippen LogP) is 4.75.